The van der Waals surface area contributed by atoms with Crippen LogP contribution in [0.5, 0.6) is 0 Å². The van der Waals surface area contributed by atoms with Gasteiger partial charge in [0.1, 0.15) is 11.3 Å². The lowest BCUT2D eigenvalue weighted by Crippen LogP contribution is -2.25. The number of rotatable bonds is 9. The van der Waals surface area contributed by atoms with E-state index in [1.807, 2.05) is 30.3 Å². The Labute approximate surface area is 176 Å². The number of aryl methyl sites for hydroxylation is 1. The number of fused-ring (bicyclic) bond motifs is 1. The number of aliphatic carboxylic acids is 1. The molecule has 0 fully saturated rings. The molecule has 6 heteroatoms. The molecular formula is C24H28N2O4. The lowest BCUT2D eigenvalue weighted by Gasteiger charge is -2.21. The molecule has 0 aliphatic heterocycles. The number of benzene rings is 2. The van der Waals surface area contributed by atoms with E-state index in [1.54, 1.807) is 12.1 Å². The minimum absolute atomic E-state index is 0.00708. The van der Waals surface area contributed by atoms with Crippen LogP contribution < -0.4 is 10.6 Å². The third kappa shape index (κ3) is 5.20. The Morgan fingerprint density at radius 2 is 1.77 bits per heavy atom. The second-order valence-electron chi connectivity index (χ2n) is 7.89. The zero-order valence-electron chi connectivity index (χ0n) is 17.6. The van der Waals surface area contributed by atoms with Crippen molar-refractivity contribution in [1.29, 1.82) is 0 Å². The summed E-state index contributed by atoms with van der Waals surface area (Å²) in [5, 5.41) is 16.0. The van der Waals surface area contributed by atoms with E-state index in [2.05, 4.69) is 37.5 Å². The summed E-state index contributed by atoms with van der Waals surface area (Å²) in [6, 6.07) is 15.2. The maximum atomic E-state index is 12.1. The molecule has 0 aliphatic rings. The van der Waals surface area contributed by atoms with Crippen LogP contribution in [0.25, 0.3) is 11.0 Å². The molecule has 2 aromatic carbocycles. The fraction of sp³-hybridized carbons (Fsp3) is 0.333. The van der Waals surface area contributed by atoms with E-state index >= 15 is 0 Å². The molecule has 0 aliphatic carbocycles. The minimum Gasteiger partial charge on any atom is -0.481 e. The van der Waals surface area contributed by atoms with Gasteiger partial charge >= 0.3 is 5.97 Å². The molecule has 1 aromatic heterocycles. The molecule has 3 rings (SSSR count). The van der Waals surface area contributed by atoms with Gasteiger partial charge in [0.25, 0.3) is 5.91 Å². The van der Waals surface area contributed by atoms with E-state index in [-0.39, 0.29) is 24.9 Å². The van der Waals surface area contributed by atoms with Gasteiger partial charge in [-0.3, -0.25) is 9.59 Å². The molecule has 0 saturated carbocycles. The molecule has 1 amide bonds. The summed E-state index contributed by atoms with van der Waals surface area (Å²) in [7, 11) is 0. The third-order valence-electron chi connectivity index (χ3n) is 5.02. The van der Waals surface area contributed by atoms with E-state index in [4.69, 9.17) is 9.52 Å². The van der Waals surface area contributed by atoms with Gasteiger partial charge in [-0.1, -0.05) is 32.0 Å². The van der Waals surface area contributed by atoms with Crippen LogP contribution in [-0.2, 0) is 4.79 Å². The van der Waals surface area contributed by atoms with Crippen LogP contribution in [0.2, 0.25) is 0 Å². The zero-order valence-corrected chi connectivity index (χ0v) is 17.6. The standard InChI is InChI=1S/C24H28N2O4/c1-15(2)14-20(23-16(3)19-6-4-5-7-21(19)30-23)26-18-10-8-17(9-11-18)24(29)25-13-12-22(27)28/h4-11,15,20,26H,12-14H2,1-3H3,(H,25,29)(H,27,28). The number of carboxylic acids is 1. The molecule has 30 heavy (non-hydrogen) atoms. The second-order valence-corrected chi connectivity index (χ2v) is 7.89. The van der Waals surface area contributed by atoms with Crippen molar-refractivity contribution in [2.45, 2.75) is 39.7 Å². The topological polar surface area (TPSA) is 91.6 Å². The number of amides is 1. The van der Waals surface area contributed by atoms with E-state index in [0.29, 0.717) is 11.5 Å². The Balaban J connectivity index is 1.76. The number of carboxylic acid groups (broad SMARTS) is 1. The van der Waals surface area contributed by atoms with Crippen LogP contribution in [-0.4, -0.2) is 23.5 Å². The van der Waals surface area contributed by atoms with Gasteiger partial charge in [-0.15, -0.1) is 0 Å². The highest BCUT2D eigenvalue weighted by molar-refractivity contribution is 5.94. The number of furan rings is 1. The van der Waals surface area contributed by atoms with Crippen LogP contribution in [0.15, 0.2) is 52.9 Å². The molecule has 158 valence electrons. The van der Waals surface area contributed by atoms with Crippen molar-refractivity contribution < 1.29 is 19.1 Å². The van der Waals surface area contributed by atoms with E-state index in [9.17, 15) is 9.59 Å². The predicted molar refractivity (Wildman–Crippen MR) is 118 cm³/mol. The molecule has 0 saturated heterocycles. The first-order valence-corrected chi connectivity index (χ1v) is 10.2. The molecule has 1 atom stereocenters. The van der Waals surface area contributed by atoms with Crippen molar-refractivity contribution >= 4 is 28.5 Å². The van der Waals surface area contributed by atoms with Gasteiger partial charge in [0.15, 0.2) is 0 Å². The van der Waals surface area contributed by atoms with Crippen LogP contribution in [0.1, 0.15) is 54.4 Å². The van der Waals surface area contributed by atoms with Crippen molar-refractivity contribution in [3.63, 3.8) is 0 Å². The first kappa shape index (κ1) is 21.4. The Morgan fingerprint density at radius 3 is 2.40 bits per heavy atom. The van der Waals surface area contributed by atoms with Crippen molar-refractivity contribution in [2.75, 3.05) is 11.9 Å². The number of hydrogen-bond acceptors (Lipinski definition) is 4. The second kappa shape index (κ2) is 9.48. The normalized spacial score (nSPS) is 12.1. The number of anilines is 1. The summed E-state index contributed by atoms with van der Waals surface area (Å²) in [5.41, 5.74) is 3.40. The number of nitrogens with one attached hydrogen (secondary N) is 2. The molecule has 1 heterocycles. The van der Waals surface area contributed by atoms with Gasteiger partial charge in [-0.25, -0.2) is 0 Å². The molecular weight excluding hydrogens is 380 g/mol. The average Bonchev–Trinajstić information content (AvgIpc) is 3.04. The van der Waals surface area contributed by atoms with E-state index < -0.39 is 5.97 Å². The van der Waals surface area contributed by atoms with Gasteiger partial charge in [0.2, 0.25) is 0 Å². The number of hydrogen-bond donors (Lipinski definition) is 3. The monoisotopic (exact) mass is 408 g/mol. The number of carbonyl (C=O) groups is 2. The van der Waals surface area contributed by atoms with Crippen molar-refractivity contribution in [3.05, 3.63) is 65.4 Å². The van der Waals surface area contributed by atoms with Gasteiger partial charge in [-0.2, -0.15) is 0 Å². The minimum atomic E-state index is -0.938. The molecule has 0 radical (unpaired) electrons. The molecule has 1 unspecified atom stereocenters. The van der Waals surface area contributed by atoms with Crippen molar-refractivity contribution in [2.24, 2.45) is 5.92 Å². The van der Waals surface area contributed by atoms with E-state index in [1.165, 1.54) is 0 Å². The highest BCUT2D eigenvalue weighted by atomic mass is 16.4. The van der Waals surface area contributed by atoms with E-state index in [0.717, 1.165) is 34.4 Å². The summed E-state index contributed by atoms with van der Waals surface area (Å²) in [6.07, 6.45) is 0.803. The van der Waals surface area contributed by atoms with Crippen LogP contribution in [0.4, 0.5) is 5.69 Å². The number of carbonyl (C=O) groups excluding carboxylic acids is 1. The fourth-order valence-corrected chi connectivity index (χ4v) is 3.53. The predicted octanol–water partition coefficient (Wildman–Crippen LogP) is 5.15. The van der Waals surface area contributed by atoms with Crippen molar-refractivity contribution in [1.82, 2.24) is 5.32 Å². The lowest BCUT2D eigenvalue weighted by molar-refractivity contribution is -0.136. The Bertz CT molecular complexity index is 1020. The molecule has 3 aromatic rings. The average molecular weight is 408 g/mol. The van der Waals surface area contributed by atoms with Crippen molar-refractivity contribution in [3.8, 4) is 0 Å². The summed E-state index contributed by atoms with van der Waals surface area (Å²) < 4.78 is 6.19. The van der Waals surface area contributed by atoms with Crippen LogP contribution in [0.3, 0.4) is 0 Å². The fourth-order valence-electron chi connectivity index (χ4n) is 3.53. The van der Waals surface area contributed by atoms with Gasteiger partial charge in [0.05, 0.1) is 12.5 Å². The lowest BCUT2D eigenvalue weighted by atomic mass is 9.98. The maximum Gasteiger partial charge on any atom is 0.305 e. The Hall–Kier alpha value is -3.28. The highest BCUT2D eigenvalue weighted by Gasteiger charge is 2.21. The summed E-state index contributed by atoms with van der Waals surface area (Å²) in [5.74, 6) is 0.177. The van der Waals surface area contributed by atoms with Crippen LogP contribution in [0, 0.1) is 12.8 Å². The Kier molecular flexibility index (Phi) is 6.77. The highest BCUT2D eigenvalue weighted by Crippen LogP contribution is 2.34. The largest absolute Gasteiger partial charge is 0.481 e. The zero-order chi connectivity index (χ0) is 21.7. The third-order valence-corrected chi connectivity index (χ3v) is 5.02. The molecule has 3 N–H and O–H groups in total. The SMILES string of the molecule is Cc1c(C(CC(C)C)Nc2ccc(C(=O)NCCC(=O)O)cc2)oc2ccccc12. The maximum absolute atomic E-state index is 12.1. The summed E-state index contributed by atoms with van der Waals surface area (Å²) in [4.78, 5) is 22.7. The first-order valence-electron chi connectivity index (χ1n) is 10.2. The first-order chi connectivity index (χ1) is 14.3. The smallest absolute Gasteiger partial charge is 0.305 e. The summed E-state index contributed by atoms with van der Waals surface area (Å²) >= 11 is 0. The number of para-hydroxylation sites is 1. The Morgan fingerprint density at radius 1 is 1.07 bits per heavy atom. The van der Waals surface area contributed by atoms with Gasteiger partial charge in [-0.05, 0) is 49.6 Å². The quantitative estimate of drug-likeness (QED) is 0.456. The van der Waals surface area contributed by atoms with Gasteiger partial charge < -0.3 is 20.2 Å². The van der Waals surface area contributed by atoms with Gasteiger partial charge in [0, 0.05) is 28.7 Å². The summed E-state index contributed by atoms with van der Waals surface area (Å²) in [6.45, 7) is 6.55. The molecule has 6 nitrogen and oxygen atoms in total. The molecule has 0 spiro atoms. The van der Waals surface area contributed by atoms with Crippen LogP contribution >= 0.6 is 0 Å². The molecule has 0 bridgehead atoms.